The van der Waals surface area contributed by atoms with Crippen molar-refractivity contribution in [2.24, 2.45) is 0 Å². The fourth-order valence-electron chi connectivity index (χ4n) is 3.00. The van der Waals surface area contributed by atoms with E-state index in [0.29, 0.717) is 17.2 Å². The highest BCUT2D eigenvalue weighted by molar-refractivity contribution is 14.1. The van der Waals surface area contributed by atoms with Gasteiger partial charge in [0.15, 0.2) is 0 Å². The van der Waals surface area contributed by atoms with Crippen molar-refractivity contribution in [3.05, 3.63) is 79.5 Å². The van der Waals surface area contributed by atoms with Crippen LogP contribution in [-0.4, -0.2) is 17.8 Å². The van der Waals surface area contributed by atoms with Crippen LogP contribution in [0.3, 0.4) is 0 Å². The number of hydrogen-bond donors (Lipinski definition) is 1. The third kappa shape index (κ3) is 3.97. The molecule has 1 N–H and O–H groups in total. The SMILES string of the molecule is Cc1cc(N2C(=O)NC(=O)/C(=C\c3ccc(-c4ccc(I)cc4)o3)C2=O)ccc1Br. The van der Waals surface area contributed by atoms with Gasteiger partial charge in [0.05, 0.1) is 5.69 Å². The topological polar surface area (TPSA) is 79.6 Å². The van der Waals surface area contributed by atoms with Gasteiger partial charge in [-0.2, -0.15) is 0 Å². The molecular weight excluding hydrogens is 563 g/mol. The van der Waals surface area contributed by atoms with E-state index in [4.69, 9.17) is 4.42 Å². The Morgan fingerprint density at radius 3 is 2.47 bits per heavy atom. The van der Waals surface area contributed by atoms with Crippen LogP contribution in [0.25, 0.3) is 17.4 Å². The standard InChI is InChI=1S/C22H14BrIN2O4/c1-12-10-15(6-8-18(12)23)26-21(28)17(20(27)25-22(26)29)11-16-7-9-19(30-16)13-2-4-14(24)5-3-13/h2-11H,1H3,(H,25,27,29)/b17-11+. The number of imide groups is 2. The summed E-state index contributed by atoms with van der Waals surface area (Å²) in [4.78, 5) is 38.6. The van der Waals surface area contributed by atoms with Gasteiger partial charge >= 0.3 is 6.03 Å². The molecule has 1 fully saturated rings. The van der Waals surface area contributed by atoms with Gasteiger partial charge in [0.1, 0.15) is 17.1 Å². The second-order valence-electron chi connectivity index (χ2n) is 6.60. The third-order valence-electron chi connectivity index (χ3n) is 4.54. The number of nitrogens with one attached hydrogen (secondary N) is 1. The number of halogens is 2. The average Bonchev–Trinajstić information content (AvgIpc) is 3.17. The highest BCUT2D eigenvalue weighted by Crippen LogP contribution is 2.28. The van der Waals surface area contributed by atoms with Crippen molar-refractivity contribution in [2.45, 2.75) is 6.92 Å². The average molecular weight is 577 g/mol. The minimum absolute atomic E-state index is 0.182. The molecule has 1 aliphatic rings. The number of aryl methyl sites for hydroxylation is 1. The van der Waals surface area contributed by atoms with E-state index in [2.05, 4.69) is 43.8 Å². The Morgan fingerprint density at radius 2 is 1.77 bits per heavy atom. The van der Waals surface area contributed by atoms with Crippen molar-refractivity contribution < 1.29 is 18.8 Å². The first kappa shape index (κ1) is 20.5. The zero-order valence-corrected chi connectivity index (χ0v) is 19.4. The predicted molar refractivity (Wildman–Crippen MR) is 125 cm³/mol. The Labute approximate surface area is 194 Å². The van der Waals surface area contributed by atoms with E-state index in [1.54, 1.807) is 30.3 Å². The highest BCUT2D eigenvalue weighted by Gasteiger charge is 2.37. The van der Waals surface area contributed by atoms with Gasteiger partial charge in [-0.15, -0.1) is 0 Å². The highest BCUT2D eigenvalue weighted by atomic mass is 127. The lowest BCUT2D eigenvalue weighted by molar-refractivity contribution is -0.122. The molecule has 30 heavy (non-hydrogen) atoms. The first-order chi connectivity index (χ1) is 14.3. The summed E-state index contributed by atoms with van der Waals surface area (Å²) in [5.74, 6) is -0.526. The zero-order chi connectivity index (χ0) is 21.4. The van der Waals surface area contributed by atoms with Crippen LogP contribution in [0.15, 0.2) is 69.1 Å². The lowest BCUT2D eigenvalue weighted by Gasteiger charge is -2.26. The van der Waals surface area contributed by atoms with Crippen LogP contribution < -0.4 is 10.2 Å². The molecule has 0 bridgehead atoms. The summed E-state index contributed by atoms with van der Waals surface area (Å²) in [7, 11) is 0. The molecule has 6 nitrogen and oxygen atoms in total. The fraction of sp³-hybridized carbons (Fsp3) is 0.0455. The number of urea groups is 1. The predicted octanol–water partition coefficient (Wildman–Crippen LogP) is 5.29. The summed E-state index contributed by atoms with van der Waals surface area (Å²) in [6.07, 6.45) is 1.35. The minimum atomic E-state index is -0.789. The molecule has 8 heteroatoms. The summed E-state index contributed by atoms with van der Waals surface area (Å²) in [6, 6.07) is 15.5. The van der Waals surface area contributed by atoms with Crippen molar-refractivity contribution in [1.29, 1.82) is 0 Å². The van der Waals surface area contributed by atoms with Gasteiger partial charge < -0.3 is 4.42 Å². The molecule has 0 radical (unpaired) electrons. The number of furan rings is 1. The van der Waals surface area contributed by atoms with Gasteiger partial charge in [-0.3, -0.25) is 14.9 Å². The Morgan fingerprint density at radius 1 is 1.03 bits per heavy atom. The van der Waals surface area contributed by atoms with Gasteiger partial charge in [-0.25, -0.2) is 9.69 Å². The van der Waals surface area contributed by atoms with E-state index in [1.807, 2.05) is 31.2 Å². The molecule has 2 aromatic carbocycles. The first-order valence-corrected chi connectivity index (χ1v) is 10.7. The number of benzene rings is 2. The lowest BCUT2D eigenvalue weighted by atomic mass is 10.1. The van der Waals surface area contributed by atoms with Gasteiger partial charge in [0.25, 0.3) is 11.8 Å². The summed E-state index contributed by atoms with van der Waals surface area (Å²) in [6.45, 7) is 1.84. The molecule has 0 unspecified atom stereocenters. The third-order valence-corrected chi connectivity index (χ3v) is 6.15. The van der Waals surface area contributed by atoms with Gasteiger partial charge in [-0.05, 0) is 83.6 Å². The van der Waals surface area contributed by atoms with E-state index in [0.717, 1.165) is 24.1 Å². The molecular formula is C22H14BrIN2O4. The molecule has 3 aromatic rings. The molecule has 2 heterocycles. The zero-order valence-electron chi connectivity index (χ0n) is 15.6. The van der Waals surface area contributed by atoms with E-state index < -0.39 is 17.8 Å². The van der Waals surface area contributed by atoms with Gasteiger partial charge in [-0.1, -0.05) is 28.1 Å². The first-order valence-electron chi connectivity index (χ1n) is 8.87. The van der Waals surface area contributed by atoms with Gasteiger partial charge in [0, 0.05) is 13.6 Å². The molecule has 1 aromatic heterocycles. The molecule has 150 valence electrons. The number of anilines is 1. The van der Waals surface area contributed by atoms with Crippen molar-refractivity contribution in [3.63, 3.8) is 0 Å². The molecule has 0 spiro atoms. The Kier molecular flexibility index (Phi) is 5.61. The molecule has 0 saturated carbocycles. The molecule has 4 amide bonds. The normalized spacial score (nSPS) is 15.6. The summed E-state index contributed by atoms with van der Waals surface area (Å²) >= 11 is 5.61. The quantitative estimate of drug-likeness (QED) is 0.261. The van der Waals surface area contributed by atoms with Crippen LogP contribution in [0.4, 0.5) is 10.5 Å². The minimum Gasteiger partial charge on any atom is -0.457 e. The Bertz CT molecular complexity index is 1210. The number of hydrogen-bond acceptors (Lipinski definition) is 4. The van der Waals surface area contributed by atoms with Crippen LogP contribution in [0.1, 0.15) is 11.3 Å². The van der Waals surface area contributed by atoms with Crippen LogP contribution in [-0.2, 0) is 9.59 Å². The second kappa shape index (κ2) is 8.19. The number of carbonyl (C=O) groups excluding carboxylic acids is 3. The number of barbiturate groups is 1. The molecule has 0 atom stereocenters. The van der Waals surface area contributed by atoms with E-state index in [1.165, 1.54) is 6.08 Å². The second-order valence-corrected chi connectivity index (χ2v) is 8.70. The Balaban J connectivity index is 1.67. The van der Waals surface area contributed by atoms with E-state index >= 15 is 0 Å². The maximum absolute atomic E-state index is 13.0. The lowest BCUT2D eigenvalue weighted by Crippen LogP contribution is -2.54. The van der Waals surface area contributed by atoms with Crippen LogP contribution in [0, 0.1) is 10.5 Å². The summed E-state index contributed by atoms with van der Waals surface area (Å²) < 4.78 is 7.74. The van der Waals surface area contributed by atoms with Crippen molar-refractivity contribution >= 4 is 68.1 Å². The monoisotopic (exact) mass is 576 g/mol. The largest absolute Gasteiger partial charge is 0.457 e. The fourth-order valence-corrected chi connectivity index (χ4v) is 3.61. The van der Waals surface area contributed by atoms with Crippen molar-refractivity contribution in [1.82, 2.24) is 5.32 Å². The number of carbonyl (C=O) groups is 3. The number of amides is 4. The van der Waals surface area contributed by atoms with Crippen LogP contribution in [0.5, 0.6) is 0 Å². The van der Waals surface area contributed by atoms with Crippen molar-refractivity contribution in [3.8, 4) is 11.3 Å². The summed E-state index contributed by atoms with van der Waals surface area (Å²) in [5.41, 5.74) is 1.92. The van der Waals surface area contributed by atoms with E-state index in [9.17, 15) is 14.4 Å². The van der Waals surface area contributed by atoms with E-state index in [-0.39, 0.29) is 5.57 Å². The van der Waals surface area contributed by atoms with Crippen molar-refractivity contribution in [2.75, 3.05) is 4.90 Å². The molecule has 4 rings (SSSR count). The molecule has 0 aliphatic carbocycles. The Hall–Kier alpha value is -2.72. The van der Waals surface area contributed by atoms with Crippen LogP contribution in [0.2, 0.25) is 0 Å². The molecule has 1 saturated heterocycles. The number of nitrogens with zero attached hydrogens (tertiary/aromatic N) is 1. The molecule has 1 aliphatic heterocycles. The van der Waals surface area contributed by atoms with Crippen LogP contribution >= 0.6 is 38.5 Å². The number of rotatable bonds is 3. The maximum atomic E-state index is 13.0. The smallest absolute Gasteiger partial charge is 0.335 e. The summed E-state index contributed by atoms with van der Waals surface area (Å²) in [5, 5.41) is 2.21. The van der Waals surface area contributed by atoms with Gasteiger partial charge in [0.2, 0.25) is 0 Å². The maximum Gasteiger partial charge on any atom is 0.335 e.